The highest BCUT2D eigenvalue weighted by molar-refractivity contribution is 5.66. The lowest BCUT2D eigenvalue weighted by Gasteiger charge is -2.26. The molecule has 4 nitrogen and oxygen atoms in total. The van der Waals surface area contributed by atoms with Gasteiger partial charge in [-0.05, 0) is 44.4 Å². The first-order valence-electron chi connectivity index (χ1n) is 9.28. The molecule has 4 heteroatoms. The van der Waals surface area contributed by atoms with Gasteiger partial charge in [-0.3, -0.25) is 4.79 Å². The SMILES string of the molecule is CCCC#CCOC[C@@H]1[C@H](CC=CCCCC(=O)O)[C@@H]2CC[C@H]1O2. The minimum Gasteiger partial charge on any atom is -0.481 e. The third kappa shape index (κ3) is 5.96. The van der Waals surface area contributed by atoms with E-state index in [1.165, 1.54) is 0 Å². The Balaban J connectivity index is 1.70. The minimum atomic E-state index is -0.718. The summed E-state index contributed by atoms with van der Waals surface area (Å²) in [5.41, 5.74) is 0. The second-order valence-corrected chi connectivity index (χ2v) is 6.73. The Hall–Kier alpha value is -1.31. The van der Waals surface area contributed by atoms with Crippen molar-refractivity contribution >= 4 is 5.97 Å². The van der Waals surface area contributed by atoms with E-state index in [0.717, 1.165) is 45.1 Å². The zero-order chi connectivity index (χ0) is 17.2. The number of hydrogen-bond donors (Lipinski definition) is 1. The number of unbranched alkanes of at least 4 members (excludes halogenated alkanes) is 2. The zero-order valence-corrected chi connectivity index (χ0v) is 14.7. The molecule has 2 rings (SSSR count). The molecule has 2 heterocycles. The molecule has 0 aliphatic carbocycles. The Labute approximate surface area is 145 Å². The van der Waals surface area contributed by atoms with Crippen LogP contribution in [0.5, 0.6) is 0 Å². The molecule has 1 N–H and O–H groups in total. The van der Waals surface area contributed by atoms with Gasteiger partial charge < -0.3 is 14.6 Å². The third-order valence-electron chi connectivity index (χ3n) is 4.91. The first kappa shape index (κ1) is 19.0. The van der Waals surface area contributed by atoms with Crippen molar-refractivity contribution in [1.82, 2.24) is 0 Å². The minimum absolute atomic E-state index is 0.247. The molecule has 0 aromatic heterocycles. The van der Waals surface area contributed by atoms with Gasteiger partial charge in [0.05, 0.1) is 18.8 Å². The van der Waals surface area contributed by atoms with E-state index < -0.39 is 5.97 Å². The molecule has 0 aromatic carbocycles. The topological polar surface area (TPSA) is 55.8 Å². The van der Waals surface area contributed by atoms with Gasteiger partial charge >= 0.3 is 5.97 Å². The second-order valence-electron chi connectivity index (χ2n) is 6.73. The van der Waals surface area contributed by atoms with Crippen molar-refractivity contribution in [2.75, 3.05) is 13.2 Å². The second kappa shape index (κ2) is 10.5. The molecule has 0 saturated carbocycles. The predicted octanol–water partition coefficient (Wildman–Crippen LogP) is 3.80. The molecule has 0 unspecified atom stereocenters. The summed E-state index contributed by atoms with van der Waals surface area (Å²) in [4.78, 5) is 10.5. The van der Waals surface area contributed by atoms with Crippen LogP contribution in [0, 0.1) is 23.7 Å². The highest BCUT2D eigenvalue weighted by Gasteiger charge is 2.48. The quantitative estimate of drug-likeness (QED) is 0.375. The molecule has 2 aliphatic rings. The lowest BCUT2D eigenvalue weighted by atomic mass is 9.78. The summed E-state index contributed by atoms with van der Waals surface area (Å²) in [7, 11) is 0. The van der Waals surface area contributed by atoms with Gasteiger partial charge in [0.1, 0.15) is 6.61 Å². The average Bonchev–Trinajstić information content (AvgIpc) is 3.15. The summed E-state index contributed by atoms with van der Waals surface area (Å²) >= 11 is 0. The van der Waals surface area contributed by atoms with E-state index in [-0.39, 0.29) is 6.42 Å². The van der Waals surface area contributed by atoms with Gasteiger partial charge in [-0.2, -0.15) is 0 Å². The lowest BCUT2D eigenvalue weighted by molar-refractivity contribution is -0.137. The van der Waals surface area contributed by atoms with Crippen molar-refractivity contribution in [3.8, 4) is 11.8 Å². The Morgan fingerprint density at radius 1 is 1.25 bits per heavy atom. The Morgan fingerprint density at radius 3 is 2.79 bits per heavy atom. The van der Waals surface area contributed by atoms with Crippen LogP contribution >= 0.6 is 0 Å². The van der Waals surface area contributed by atoms with Crippen LogP contribution in [-0.2, 0) is 14.3 Å². The first-order valence-corrected chi connectivity index (χ1v) is 9.28. The predicted molar refractivity (Wildman–Crippen MR) is 93.6 cm³/mol. The van der Waals surface area contributed by atoms with E-state index in [1.54, 1.807) is 0 Å². The number of ether oxygens (including phenoxy) is 2. The van der Waals surface area contributed by atoms with Crippen LogP contribution in [0.3, 0.4) is 0 Å². The Morgan fingerprint density at radius 2 is 2.04 bits per heavy atom. The summed E-state index contributed by atoms with van der Waals surface area (Å²) in [6.07, 6.45) is 12.2. The standard InChI is InChI=1S/C20H30O4/c1-2-3-4-9-14-23-15-17-16(18-12-13-19(17)24-18)10-7-5-6-8-11-20(21)22/h5,7,16-19H,2-3,6,8,10-15H2,1H3,(H,21,22)/t16-,17+,18-,19+/m0/s1. The lowest BCUT2D eigenvalue weighted by Crippen LogP contribution is -2.30. The number of fused-ring (bicyclic) bond motifs is 2. The fraction of sp³-hybridized carbons (Fsp3) is 0.750. The molecule has 0 radical (unpaired) electrons. The number of carboxylic acids is 1. The van der Waals surface area contributed by atoms with Crippen LogP contribution < -0.4 is 0 Å². The number of rotatable bonds is 10. The maximum absolute atomic E-state index is 10.5. The highest BCUT2D eigenvalue weighted by Crippen LogP contribution is 2.45. The Kier molecular flexibility index (Phi) is 8.35. The average molecular weight is 334 g/mol. The van der Waals surface area contributed by atoms with Gasteiger partial charge in [0.25, 0.3) is 0 Å². The fourth-order valence-electron chi connectivity index (χ4n) is 3.68. The maximum atomic E-state index is 10.5. The molecular formula is C20H30O4. The van der Waals surface area contributed by atoms with E-state index >= 15 is 0 Å². The van der Waals surface area contributed by atoms with Gasteiger partial charge in [0, 0.05) is 18.8 Å². The molecule has 4 atom stereocenters. The van der Waals surface area contributed by atoms with Crippen molar-refractivity contribution < 1.29 is 19.4 Å². The van der Waals surface area contributed by atoms with E-state index in [0.29, 0.717) is 37.1 Å². The van der Waals surface area contributed by atoms with Crippen molar-refractivity contribution in [1.29, 1.82) is 0 Å². The molecule has 2 saturated heterocycles. The number of carboxylic acid groups (broad SMARTS) is 1. The van der Waals surface area contributed by atoms with E-state index in [1.807, 2.05) is 0 Å². The summed E-state index contributed by atoms with van der Waals surface area (Å²) < 4.78 is 11.9. The summed E-state index contributed by atoms with van der Waals surface area (Å²) in [5, 5.41) is 8.64. The van der Waals surface area contributed by atoms with E-state index in [9.17, 15) is 4.79 Å². The van der Waals surface area contributed by atoms with Gasteiger partial charge in [-0.15, -0.1) is 5.92 Å². The summed E-state index contributed by atoms with van der Waals surface area (Å²) in [6.45, 7) is 3.38. The Bertz CT molecular complexity index is 474. The monoisotopic (exact) mass is 334 g/mol. The van der Waals surface area contributed by atoms with Gasteiger partial charge in [0.2, 0.25) is 0 Å². The van der Waals surface area contributed by atoms with Crippen LogP contribution in [0.15, 0.2) is 12.2 Å². The maximum Gasteiger partial charge on any atom is 0.303 e. The van der Waals surface area contributed by atoms with Crippen LogP contribution in [0.2, 0.25) is 0 Å². The highest BCUT2D eigenvalue weighted by atomic mass is 16.5. The number of carbonyl (C=O) groups is 1. The molecule has 134 valence electrons. The number of aliphatic carboxylic acids is 1. The van der Waals surface area contributed by atoms with Crippen molar-refractivity contribution in [2.45, 2.75) is 70.5 Å². The molecule has 24 heavy (non-hydrogen) atoms. The van der Waals surface area contributed by atoms with Crippen LogP contribution in [-0.4, -0.2) is 36.5 Å². The molecule has 0 aromatic rings. The summed E-state index contributed by atoms with van der Waals surface area (Å²) in [5.74, 6) is 6.46. The van der Waals surface area contributed by atoms with Crippen molar-refractivity contribution in [3.05, 3.63) is 12.2 Å². The molecule has 0 spiro atoms. The van der Waals surface area contributed by atoms with Gasteiger partial charge in [0.15, 0.2) is 0 Å². The van der Waals surface area contributed by atoms with Gasteiger partial charge in [-0.1, -0.05) is 25.0 Å². The molecule has 0 amide bonds. The van der Waals surface area contributed by atoms with Crippen LogP contribution in [0.1, 0.15) is 58.3 Å². The first-order chi connectivity index (χ1) is 11.7. The normalized spacial score (nSPS) is 28.2. The fourth-order valence-corrected chi connectivity index (χ4v) is 3.68. The van der Waals surface area contributed by atoms with E-state index in [4.69, 9.17) is 14.6 Å². The molecule has 2 bridgehead atoms. The van der Waals surface area contributed by atoms with Gasteiger partial charge in [-0.25, -0.2) is 0 Å². The number of allylic oxidation sites excluding steroid dienone is 2. The molecular weight excluding hydrogens is 304 g/mol. The zero-order valence-electron chi connectivity index (χ0n) is 14.7. The number of hydrogen-bond acceptors (Lipinski definition) is 3. The van der Waals surface area contributed by atoms with E-state index in [2.05, 4.69) is 30.9 Å². The third-order valence-corrected chi connectivity index (χ3v) is 4.91. The molecule has 2 fully saturated rings. The van der Waals surface area contributed by atoms with Crippen molar-refractivity contribution in [3.63, 3.8) is 0 Å². The molecule has 2 aliphatic heterocycles. The van der Waals surface area contributed by atoms with Crippen molar-refractivity contribution in [2.24, 2.45) is 11.8 Å². The smallest absolute Gasteiger partial charge is 0.303 e. The van der Waals surface area contributed by atoms with Crippen LogP contribution in [0.4, 0.5) is 0 Å². The summed E-state index contributed by atoms with van der Waals surface area (Å²) in [6, 6.07) is 0. The largest absolute Gasteiger partial charge is 0.481 e. The van der Waals surface area contributed by atoms with Crippen LogP contribution in [0.25, 0.3) is 0 Å².